The molecule has 0 unspecified atom stereocenters. The van der Waals surface area contributed by atoms with E-state index < -0.39 is 0 Å². The summed E-state index contributed by atoms with van der Waals surface area (Å²) in [5.41, 5.74) is 1.79. The number of allylic oxidation sites excluding steroid dienone is 2. The lowest BCUT2D eigenvalue weighted by Crippen LogP contribution is -2.38. The molecule has 2 bridgehead atoms. The number of benzene rings is 1. The second-order valence-corrected chi connectivity index (χ2v) is 7.16. The van der Waals surface area contributed by atoms with E-state index in [-0.39, 0.29) is 35.5 Å². The Morgan fingerprint density at radius 3 is 2.10 bits per heavy atom. The first-order chi connectivity index (χ1) is 10.1. The number of nitrogens with zero attached hydrogens (tertiary/aromatic N) is 1. The number of rotatable bonds is 1. The molecule has 0 radical (unpaired) electrons. The van der Waals surface area contributed by atoms with Gasteiger partial charge < -0.3 is 0 Å². The molecule has 0 spiro atoms. The fraction of sp³-hybridized carbons (Fsp3) is 0.412. The molecule has 5 rings (SSSR count). The number of hydrogen-bond acceptors (Lipinski definition) is 2. The number of aryl methyl sites for hydroxylation is 1. The zero-order chi connectivity index (χ0) is 14.7. The SMILES string of the molecule is Cc1ccc(N2C(=O)[C@@H]3[C@@H](C2=O)[C@@H]2C=C[C@@H]3CC2)c(Br)c1. The van der Waals surface area contributed by atoms with Crippen molar-refractivity contribution in [3.63, 3.8) is 0 Å². The van der Waals surface area contributed by atoms with Gasteiger partial charge in [0, 0.05) is 4.47 Å². The van der Waals surface area contributed by atoms with Crippen LogP contribution in [0.4, 0.5) is 5.69 Å². The van der Waals surface area contributed by atoms with Crippen LogP contribution in [0.1, 0.15) is 18.4 Å². The summed E-state index contributed by atoms with van der Waals surface area (Å²) >= 11 is 3.50. The van der Waals surface area contributed by atoms with Crippen LogP contribution in [0.15, 0.2) is 34.8 Å². The van der Waals surface area contributed by atoms with E-state index in [0.29, 0.717) is 5.69 Å². The molecule has 4 heteroatoms. The lowest BCUT2D eigenvalue weighted by molar-refractivity contribution is -0.124. The Labute approximate surface area is 132 Å². The summed E-state index contributed by atoms with van der Waals surface area (Å²) in [5, 5.41) is 0. The average Bonchev–Trinajstić information content (AvgIpc) is 2.75. The van der Waals surface area contributed by atoms with Gasteiger partial charge in [0.2, 0.25) is 11.8 Å². The molecule has 1 saturated heterocycles. The van der Waals surface area contributed by atoms with Gasteiger partial charge in [-0.2, -0.15) is 0 Å². The molecule has 21 heavy (non-hydrogen) atoms. The molecule has 0 N–H and O–H groups in total. The van der Waals surface area contributed by atoms with Crippen molar-refractivity contribution in [1.82, 2.24) is 0 Å². The van der Waals surface area contributed by atoms with Crippen molar-refractivity contribution in [1.29, 1.82) is 0 Å². The first kappa shape index (κ1) is 13.3. The summed E-state index contributed by atoms with van der Waals surface area (Å²) in [4.78, 5) is 27.1. The van der Waals surface area contributed by atoms with Crippen LogP contribution in [0.2, 0.25) is 0 Å². The van der Waals surface area contributed by atoms with E-state index in [1.807, 2.05) is 25.1 Å². The van der Waals surface area contributed by atoms with Crippen LogP contribution in [0.25, 0.3) is 0 Å². The second-order valence-electron chi connectivity index (χ2n) is 6.31. The highest BCUT2D eigenvalue weighted by Crippen LogP contribution is 2.51. The number of amides is 2. The number of hydrogen-bond donors (Lipinski definition) is 0. The van der Waals surface area contributed by atoms with Gasteiger partial charge in [0.25, 0.3) is 0 Å². The number of imide groups is 1. The van der Waals surface area contributed by atoms with Crippen LogP contribution in [-0.4, -0.2) is 11.8 Å². The molecule has 4 aliphatic rings. The minimum atomic E-state index is -0.144. The maximum atomic E-state index is 12.8. The average molecular weight is 346 g/mol. The molecule has 108 valence electrons. The van der Waals surface area contributed by atoms with Crippen molar-refractivity contribution in [2.24, 2.45) is 23.7 Å². The largest absolute Gasteiger partial charge is 0.274 e. The highest BCUT2D eigenvalue weighted by molar-refractivity contribution is 9.10. The highest BCUT2D eigenvalue weighted by atomic mass is 79.9. The first-order valence-corrected chi connectivity index (χ1v) is 8.19. The molecule has 1 saturated carbocycles. The van der Waals surface area contributed by atoms with Crippen molar-refractivity contribution < 1.29 is 9.59 Å². The topological polar surface area (TPSA) is 37.4 Å². The van der Waals surface area contributed by atoms with Crippen LogP contribution in [0.3, 0.4) is 0 Å². The fourth-order valence-corrected chi connectivity index (χ4v) is 4.78. The van der Waals surface area contributed by atoms with Gasteiger partial charge in [-0.05, 0) is 65.2 Å². The van der Waals surface area contributed by atoms with Gasteiger partial charge in [-0.3, -0.25) is 9.59 Å². The molecule has 1 heterocycles. The molecule has 1 aliphatic heterocycles. The lowest BCUT2D eigenvalue weighted by Gasteiger charge is -2.38. The standard InChI is InChI=1S/C17H16BrNO2/c1-9-2-7-13(12(18)8-9)19-16(20)14-10-3-4-11(6-5-10)15(14)17(19)21/h2-4,7-8,10-11,14-15H,5-6H2,1H3/t10-,11-,14+,15+/m1/s1. The molecule has 2 fully saturated rings. The van der Waals surface area contributed by atoms with Crippen LogP contribution in [0, 0.1) is 30.6 Å². The van der Waals surface area contributed by atoms with Gasteiger partial charge in [0.1, 0.15) is 0 Å². The molecule has 2 amide bonds. The van der Waals surface area contributed by atoms with Crippen molar-refractivity contribution >= 4 is 33.4 Å². The lowest BCUT2D eigenvalue weighted by atomic mass is 9.63. The predicted molar refractivity (Wildman–Crippen MR) is 83.7 cm³/mol. The van der Waals surface area contributed by atoms with E-state index in [9.17, 15) is 9.59 Å². The minimum absolute atomic E-state index is 0.0198. The Kier molecular flexibility index (Phi) is 2.86. The molecule has 0 aromatic heterocycles. The number of anilines is 1. The Morgan fingerprint density at radius 1 is 1.05 bits per heavy atom. The van der Waals surface area contributed by atoms with Crippen molar-refractivity contribution in [3.8, 4) is 0 Å². The number of fused-ring (bicyclic) bond motifs is 1. The van der Waals surface area contributed by atoms with E-state index in [1.165, 1.54) is 4.90 Å². The van der Waals surface area contributed by atoms with Crippen LogP contribution in [-0.2, 0) is 9.59 Å². The summed E-state index contributed by atoms with van der Waals surface area (Å²) < 4.78 is 0.808. The quantitative estimate of drug-likeness (QED) is 0.577. The fourth-order valence-electron chi connectivity index (χ4n) is 4.10. The van der Waals surface area contributed by atoms with E-state index >= 15 is 0 Å². The summed E-state index contributed by atoms with van der Waals surface area (Å²) in [6.45, 7) is 1.99. The molecular formula is C17H16BrNO2. The van der Waals surface area contributed by atoms with Crippen LogP contribution in [0.5, 0.6) is 0 Å². The van der Waals surface area contributed by atoms with E-state index in [1.54, 1.807) is 0 Å². The van der Waals surface area contributed by atoms with Crippen molar-refractivity contribution in [3.05, 3.63) is 40.4 Å². The van der Waals surface area contributed by atoms with E-state index in [0.717, 1.165) is 22.9 Å². The van der Waals surface area contributed by atoms with Crippen molar-refractivity contribution in [2.75, 3.05) is 4.90 Å². The number of carbonyl (C=O) groups is 2. The molecule has 1 aromatic carbocycles. The Balaban J connectivity index is 1.78. The summed E-state index contributed by atoms with van der Waals surface area (Å²) in [5.74, 6) is 0.155. The van der Waals surface area contributed by atoms with Gasteiger partial charge in [-0.25, -0.2) is 4.90 Å². The molecule has 4 atom stereocenters. The van der Waals surface area contributed by atoms with Gasteiger partial charge in [-0.1, -0.05) is 18.2 Å². The van der Waals surface area contributed by atoms with Gasteiger partial charge in [0.15, 0.2) is 0 Å². The zero-order valence-corrected chi connectivity index (χ0v) is 13.3. The van der Waals surface area contributed by atoms with Gasteiger partial charge in [-0.15, -0.1) is 0 Å². The smallest absolute Gasteiger partial charge is 0.238 e. The monoisotopic (exact) mass is 345 g/mol. The maximum absolute atomic E-state index is 12.8. The van der Waals surface area contributed by atoms with Gasteiger partial charge in [0.05, 0.1) is 17.5 Å². The normalized spacial score (nSPS) is 33.7. The number of halogens is 1. The molecule has 3 aliphatic carbocycles. The molecular weight excluding hydrogens is 330 g/mol. The molecule has 3 nitrogen and oxygen atoms in total. The third-order valence-electron chi connectivity index (χ3n) is 5.10. The van der Waals surface area contributed by atoms with E-state index in [2.05, 4.69) is 28.1 Å². The van der Waals surface area contributed by atoms with Crippen LogP contribution < -0.4 is 4.90 Å². The maximum Gasteiger partial charge on any atom is 0.238 e. The second kappa shape index (κ2) is 4.54. The molecule has 1 aromatic rings. The van der Waals surface area contributed by atoms with Gasteiger partial charge >= 0.3 is 0 Å². The third-order valence-corrected chi connectivity index (χ3v) is 5.74. The minimum Gasteiger partial charge on any atom is -0.274 e. The summed E-state index contributed by atoms with van der Waals surface area (Å²) in [6.07, 6.45) is 6.36. The number of carbonyl (C=O) groups excluding carboxylic acids is 2. The zero-order valence-electron chi connectivity index (χ0n) is 11.8. The highest BCUT2D eigenvalue weighted by Gasteiger charge is 2.57. The Hall–Kier alpha value is -1.42. The summed E-state index contributed by atoms with van der Waals surface area (Å²) in [6, 6.07) is 5.75. The Bertz CT molecular complexity index is 649. The van der Waals surface area contributed by atoms with E-state index in [4.69, 9.17) is 0 Å². The summed E-state index contributed by atoms with van der Waals surface area (Å²) in [7, 11) is 0. The Morgan fingerprint density at radius 2 is 1.62 bits per heavy atom. The van der Waals surface area contributed by atoms with Crippen molar-refractivity contribution in [2.45, 2.75) is 19.8 Å². The predicted octanol–water partition coefficient (Wildman–Crippen LogP) is 3.46. The third kappa shape index (κ3) is 1.78. The first-order valence-electron chi connectivity index (χ1n) is 7.40. The van der Waals surface area contributed by atoms with Crippen LogP contribution >= 0.6 is 15.9 Å².